The van der Waals surface area contributed by atoms with Gasteiger partial charge < -0.3 is 10.1 Å². The Morgan fingerprint density at radius 3 is 2.66 bits per heavy atom. The highest BCUT2D eigenvalue weighted by atomic mass is 79.9. The maximum absolute atomic E-state index is 13.2. The molecule has 2 aromatic rings. The number of aromatic nitrogens is 1. The van der Waals surface area contributed by atoms with Gasteiger partial charge in [0, 0.05) is 61.5 Å². The molecule has 1 aromatic heterocycles. The first-order valence-electron chi connectivity index (χ1n) is 12.6. The van der Waals surface area contributed by atoms with Gasteiger partial charge in [0.2, 0.25) is 10.0 Å². The lowest BCUT2D eigenvalue weighted by atomic mass is 9.86. The summed E-state index contributed by atoms with van der Waals surface area (Å²) in [5, 5.41) is 9.30. The predicted molar refractivity (Wildman–Crippen MR) is 150 cm³/mol. The molecule has 4 heterocycles. The van der Waals surface area contributed by atoms with Gasteiger partial charge in [-0.1, -0.05) is 6.07 Å². The van der Waals surface area contributed by atoms with Gasteiger partial charge in [0.05, 0.1) is 21.0 Å². The number of sulfonamides is 1. The Labute approximate surface area is 231 Å². The minimum absolute atomic E-state index is 0.167. The van der Waals surface area contributed by atoms with Gasteiger partial charge in [-0.25, -0.2) is 8.42 Å². The molecule has 11 heteroatoms. The number of dihydropyridines is 1. The molecule has 0 spiro atoms. The van der Waals surface area contributed by atoms with Crippen molar-refractivity contribution < 1.29 is 18.5 Å². The molecule has 0 amide bonds. The van der Waals surface area contributed by atoms with Crippen molar-refractivity contribution in [3.05, 3.63) is 76.3 Å². The minimum Gasteiger partial charge on any atom is -0.446 e. The highest BCUT2D eigenvalue weighted by Crippen LogP contribution is 2.35. The van der Waals surface area contributed by atoms with E-state index in [0.717, 1.165) is 47.4 Å². The van der Waals surface area contributed by atoms with Crippen molar-refractivity contribution >= 4 is 44.3 Å². The summed E-state index contributed by atoms with van der Waals surface area (Å²) in [5.74, 6) is 0.770. The van der Waals surface area contributed by atoms with Crippen LogP contribution in [-0.2, 0) is 16.6 Å². The molecule has 38 heavy (non-hydrogen) atoms. The summed E-state index contributed by atoms with van der Waals surface area (Å²) in [5.41, 5.74) is 4.40. The third-order valence-corrected chi connectivity index (χ3v) is 9.64. The summed E-state index contributed by atoms with van der Waals surface area (Å²) in [6.45, 7) is 2.39. The number of nitrogens with one attached hydrogen (secondary N) is 1. The topological polar surface area (TPSA) is 125 Å². The number of allylic oxidation sites excluding steroid dienone is 2. The van der Waals surface area contributed by atoms with E-state index < -0.39 is 10.0 Å². The van der Waals surface area contributed by atoms with Crippen LogP contribution in [-0.4, -0.2) is 55.7 Å². The van der Waals surface area contributed by atoms with Gasteiger partial charge in [-0.15, -0.1) is 0 Å². The zero-order valence-corrected chi connectivity index (χ0v) is 23.2. The molecular weight excluding hydrogens is 568 g/mol. The van der Waals surface area contributed by atoms with E-state index in [1.807, 2.05) is 18.5 Å². The lowest BCUT2D eigenvalue weighted by Crippen LogP contribution is -2.82. The van der Waals surface area contributed by atoms with Crippen LogP contribution in [0.2, 0.25) is 0 Å². The Morgan fingerprint density at radius 2 is 1.95 bits per heavy atom. The van der Waals surface area contributed by atoms with Crippen molar-refractivity contribution in [3.63, 3.8) is 0 Å². The zero-order chi connectivity index (χ0) is 26.5. The van der Waals surface area contributed by atoms with Crippen LogP contribution in [0.4, 0.5) is 0 Å². The molecule has 1 unspecified atom stereocenters. The van der Waals surface area contributed by atoms with Gasteiger partial charge in [0.1, 0.15) is 18.0 Å². The minimum atomic E-state index is -3.61. The lowest BCUT2D eigenvalue weighted by Gasteiger charge is -2.33. The van der Waals surface area contributed by atoms with Crippen LogP contribution < -0.4 is 10.1 Å². The number of nitrogens with zero attached hydrogens (tertiary/aromatic N) is 4. The number of aliphatic imine (C=N–C) groups is 2. The fourth-order valence-electron chi connectivity index (χ4n) is 5.08. The van der Waals surface area contributed by atoms with Crippen molar-refractivity contribution in [1.29, 1.82) is 5.41 Å². The van der Waals surface area contributed by atoms with E-state index in [1.54, 1.807) is 22.6 Å². The van der Waals surface area contributed by atoms with Crippen molar-refractivity contribution in [1.82, 2.24) is 9.29 Å². The van der Waals surface area contributed by atoms with E-state index in [9.17, 15) is 8.42 Å². The van der Waals surface area contributed by atoms with Crippen LogP contribution in [0.5, 0.6) is 5.75 Å². The van der Waals surface area contributed by atoms with E-state index in [0.29, 0.717) is 31.7 Å². The van der Waals surface area contributed by atoms with Crippen molar-refractivity contribution in [2.24, 2.45) is 21.8 Å². The molecule has 0 bridgehead atoms. The number of rotatable bonds is 8. The highest BCUT2D eigenvalue weighted by Gasteiger charge is 2.35. The normalized spacial score (nSPS) is 20.8. The number of nitrogens with two attached hydrogens (primary N) is 1. The van der Waals surface area contributed by atoms with Crippen LogP contribution in [0.3, 0.4) is 0 Å². The third-order valence-electron chi connectivity index (χ3n) is 7.12. The molecule has 0 aliphatic carbocycles. The molecular formula is C27H30BrN6O3S+. The maximum atomic E-state index is 13.2. The summed E-state index contributed by atoms with van der Waals surface area (Å²) >= 11 is 3.69. The molecule has 3 N–H and O–H groups in total. The Morgan fingerprint density at radius 1 is 1.16 bits per heavy atom. The largest absolute Gasteiger partial charge is 0.446 e. The van der Waals surface area contributed by atoms with E-state index in [-0.39, 0.29) is 16.7 Å². The molecule has 198 valence electrons. The predicted octanol–water partition coefficient (Wildman–Crippen LogP) is 3.27. The van der Waals surface area contributed by atoms with E-state index in [2.05, 4.69) is 43.4 Å². The Kier molecular flexibility index (Phi) is 8.27. The van der Waals surface area contributed by atoms with Crippen molar-refractivity contribution in [3.8, 4) is 5.75 Å². The highest BCUT2D eigenvalue weighted by molar-refractivity contribution is 9.12. The van der Waals surface area contributed by atoms with Crippen LogP contribution in [0, 0.1) is 17.2 Å². The molecule has 1 aromatic carbocycles. The van der Waals surface area contributed by atoms with Gasteiger partial charge in [0.25, 0.3) is 0 Å². The Bertz CT molecular complexity index is 1400. The van der Waals surface area contributed by atoms with Gasteiger partial charge in [-0.2, -0.15) is 4.31 Å². The van der Waals surface area contributed by atoms with E-state index in [4.69, 9.17) is 15.1 Å². The second-order valence-corrected chi connectivity index (χ2v) is 12.2. The fraction of sp³-hybridized carbons (Fsp3) is 0.333. The fourth-order valence-corrected chi connectivity index (χ4v) is 7.06. The third kappa shape index (κ3) is 5.85. The average Bonchev–Trinajstić information content (AvgIpc) is 3.14. The average molecular weight is 599 g/mol. The first-order chi connectivity index (χ1) is 18.5. The van der Waals surface area contributed by atoms with Gasteiger partial charge >= 0.3 is 0 Å². The number of quaternary nitrogens is 1. The quantitative estimate of drug-likeness (QED) is 0.358. The Hall–Kier alpha value is -2.99. The van der Waals surface area contributed by atoms with Crippen LogP contribution >= 0.6 is 15.9 Å². The number of hydrogen-bond acceptors (Lipinski definition) is 7. The van der Waals surface area contributed by atoms with E-state index >= 15 is 0 Å². The standard InChI is InChI=1S/C27H29BrN6O3S/c28-24-17-31-11-7-23-26(32-16-19-2-1-10-30-15-19)14-25(33-27(23)24)20-8-12-34(13-9-20)38(35,36)22-5-3-21(4-6-22)37-18-29/h1-6,10,14-15,17-18,20,23,29,32H,7-9,11-13,16H2/p+1. The van der Waals surface area contributed by atoms with Crippen LogP contribution in [0.25, 0.3) is 0 Å². The molecule has 5 rings (SSSR count). The smallest absolute Gasteiger partial charge is 0.243 e. The molecule has 3 aliphatic rings. The van der Waals surface area contributed by atoms with Crippen molar-refractivity contribution in [2.75, 3.05) is 19.6 Å². The number of piperidine rings is 1. The van der Waals surface area contributed by atoms with Gasteiger partial charge in [0.15, 0.2) is 6.40 Å². The SMILES string of the molecule is N=COc1ccc(S(=O)(=O)N2CCC(C3=NC4=C(Br)C=NCCC4C([NH2+]Cc4cccnc4)=C3)CC2)cc1. The molecule has 1 fully saturated rings. The number of fused-ring (bicyclic) bond motifs is 1. The monoisotopic (exact) mass is 597 g/mol. The summed E-state index contributed by atoms with van der Waals surface area (Å²) in [4.78, 5) is 14.1. The number of halogens is 1. The summed E-state index contributed by atoms with van der Waals surface area (Å²) in [6, 6.07) is 10.2. The summed E-state index contributed by atoms with van der Waals surface area (Å²) < 4.78 is 33.9. The van der Waals surface area contributed by atoms with Crippen LogP contribution in [0.1, 0.15) is 24.8 Å². The molecule has 0 saturated carbocycles. The number of hydrogen-bond donors (Lipinski definition) is 2. The summed E-state index contributed by atoms with van der Waals surface area (Å²) in [7, 11) is -3.61. The van der Waals surface area contributed by atoms with Gasteiger partial charge in [-0.3, -0.25) is 20.4 Å². The number of pyridine rings is 1. The van der Waals surface area contributed by atoms with Gasteiger partial charge in [-0.05, 0) is 65.5 Å². The number of ether oxygens (including phenoxy) is 1. The molecule has 1 saturated heterocycles. The second kappa shape index (κ2) is 11.8. The van der Waals surface area contributed by atoms with E-state index in [1.165, 1.54) is 17.8 Å². The molecule has 1 atom stereocenters. The Balaban J connectivity index is 1.32. The first-order valence-corrected chi connectivity index (χ1v) is 14.9. The molecule has 3 aliphatic heterocycles. The van der Waals surface area contributed by atoms with Crippen molar-refractivity contribution in [2.45, 2.75) is 30.7 Å². The number of benzene rings is 1. The second-order valence-electron chi connectivity index (χ2n) is 9.45. The maximum Gasteiger partial charge on any atom is 0.243 e. The van der Waals surface area contributed by atoms with Crippen LogP contribution in [0.15, 0.2) is 85.6 Å². The molecule has 9 nitrogen and oxygen atoms in total. The lowest BCUT2D eigenvalue weighted by molar-refractivity contribution is -0.628. The summed E-state index contributed by atoms with van der Waals surface area (Å²) in [6.07, 6.45) is 10.9. The zero-order valence-electron chi connectivity index (χ0n) is 20.8. The first kappa shape index (κ1) is 26.6. The molecule has 0 radical (unpaired) electrons.